The molecule has 1 heterocycles. The van der Waals surface area contributed by atoms with Gasteiger partial charge < -0.3 is 10.2 Å². The number of piperidine rings is 1. The van der Waals surface area contributed by atoms with Crippen LogP contribution in [0.3, 0.4) is 0 Å². The van der Waals surface area contributed by atoms with Crippen molar-refractivity contribution in [3.63, 3.8) is 0 Å². The van der Waals surface area contributed by atoms with Crippen molar-refractivity contribution >= 4 is 18.3 Å². The summed E-state index contributed by atoms with van der Waals surface area (Å²) in [5.41, 5.74) is 0. The highest BCUT2D eigenvalue weighted by Gasteiger charge is 2.30. The first-order chi connectivity index (χ1) is 7.83. The summed E-state index contributed by atoms with van der Waals surface area (Å²) in [5, 5.41) is 3.34. The van der Waals surface area contributed by atoms with Gasteiger partial charge in [-0.2, -0.15) is 0 Å². The molecule has 1 saturated carbocycles. The van der Waals surface area contributed by atoms with Gasteiger partial charge in [0.25, 0.3) is 0 Å². The molecule has 0 aromatic heterocycles. The van der Waals surface area contributed by atoms with Crippen molar-refractivity contribution in [2.75, 3.05) is 19.6 Å². The maximum atomic E-state index is 12.4. The van der Waals surface area contributed by atoms with E-state index >= 15 is 0 Å². The lowest BCUT2D eigenvalue weighted by Gasteiger charge is -2.33. The highest BCUT2D eigenvalue weighted by molar-refractivity contribution is 5.85. The van der Waals surface area contributed by atoms with E-state index in [1.165, 1.54) is 25.7 Å². The summed E-state index contributed by atoms with van der Waals surface area (Å²) in [6.07, 6.45) is 7.28. The fraction of sp³-hybridized carbons (Fsp3) is 0.923. The molecule has 1 aliphatic carbocycles. The SMILES string of the molecule is CCN(C(=O)[C@@H]1CCCNC1)C1CCCC1.Cl. The third kappa shape index (κ3) is 3.59. The first-order valence-electron chi connectivity index (χ1n) is 6.84. The van der Waals surface area contributed by atoms with Crippen LogP contribution in [-0.2, 0) is 4.79 Å². The van der Waals surface area contributed by atoms with Crippen LogP contribution in [0.1, 0.15) is 45.4 Å². The van der Waals surface area contributed by atoms with E-state index in [-0.39, 0.29) is 18.3 Å². The number of rotatable bonds is 3. The van der Waals surface area contributed by atoms with E-state index in [1.54, 1.807) is 0 Å². The maximum Gasteiger partial charge on any atom is 0.227 e. The van der Waals surface area contributed by atoms with Crippen molar-refractivity contribution in [1.82, 2.24) is 10.2 Å². The Labute approximate surface area is 111 Å². The van der Waals surface area contributed by atoms with Crippen molar-refractivity contribution in [2.45, 2.75) is 51.5 Å². The first kappa shape index (κ1) is 14.8. The topological polar surface area (TPSA) is 32.3 Å². The highest BCUT2D eigenvalue weighted by atomic mass is 35.5. The molecule has 2 aliphatic rings. The summed E-state index contributed by atoms with van der Waals surface area (Å²) in [6, 6.07) is 0.541. The Kier molecular flexibility index (Phi) is 6.28. The van der Waals surface area contributed by atoms with E-state index in [0.29, 0.717) is 11.9 Å². The Balaban J connectivity index is 0.00000144. The van der Waals surface area contributed by atoms with Crippen LogP contribution in [0.4, 0.5) is 0 Å². The first-order valence-corrected chi connectivity index (χ1v) is 6.84. The number of hydrogen-bond donors (Lipinski definition) is 1. The fourth-order valence-corrected chi connectivity index (χ4v) is 3.11. The lowest BCUT2D eigenvalue weighted by atomic mass is 9.97. The van der Waals surface area contributed by atoms with Crippen molar-refractivity contribution in [3.05, 3.63) is 0 Å². The Morgan fingerprint density at radius 2 is 1.94 bits per heavy atom. The summed E-state index contributed by atoms with van der Waals surface area (Å²) in [6.45, 7) is 4.98. The quantitative estimate of drug-likeness (QED) is 0.844. The molecule has 0 aromatic carbocycles. The van der Waals surface area contributed by atoms with E-state index < -0.39 is 0 Å². The minimum absolute atomic E-state index is 0. The van der Waals surface area contributed by atoms with Crippen molar-refractivity contribution in [1.29, 1.82) is 0 Å². The number of amides is 1. The Morgan fingerprint density at radius 3 is 2.47 bits per heavy atom. The van der Waals surface area contributed by atoms with Crippen molar-refractivity contribution < 1.29 is 4.79 Å². The zero-order valence-corrected chi connectivity index (χ0v) is 11.6. The zero-order valence-electron chi connectivity index (χ0n) is 10.8. The molecule has 0 spiro atoms. The second kappa shape index (κ2) is 7.22. The third-order valence-corrected chi connectivity index (χ3v) is 4.04. The number of hydrogen-bond acceptors (Lipinski definition) is 2. The summed E-state index contributed by atoms with van der Waals surface area (Å²) in [4.78, 5) is 14.5. The van der Waals surface area contributed by atoms with Gasteiger partial charge in [-0.05, 0) is 39.2 Å². The molecule has 0 unspecified atom stereocenters. The van der Waals surface area contributed by atoms with Gasteiger partial charge in [0.2, 0.25) is 5.91 Å². The van der Waals surface area contributed by atoms with Crippen LogP contribution in [-0.4, -0.2) is 36.5 Å². The molecule has 1 aliphatic heterocycles. The number of halogens is 1. The van der Waals surface area contributed by atoms with Gasteiger partial charge in [0.15, 0.2) is 0 Å². The fourth-order valence-electron chi connectivity index (χ4n) is 3.11. The van der Waals surface area contributed by atoms with Gasteiger partial charge in [0.05, 0.1) is 5.92 Å². The van der Waals surface area contributed by atoms with Crippen molar-refractivity contribution in [3.8, 4) is 0 Å². The number of carbonyl (C=O) groups excluding carboxylic acids is 1. The van der Waals surface area contributed by atoms with Gasteiger partial charge in [0.1, 0.15) is 0 Å². The Hall–Kier alpha value is -0.280. The van der Waals surface area contributed by atoms with E-state index in [2.05, 4.69) is 17.1 Å². The van der Waals surface area contributed by atoms with Crippen LogP contribution in [0.25, 0.3) is 0 Å². The summed E-state index contributed by atoms with van der Waals surface area (Å²) >= 11 is 0. The second-order valence-electron chi connectivity index (χ2n) is 5.11. The van der Waals surface area contributed by atoms with Gasteiger partial charge in [-0.15, -0.1) is 12.4 Å². The predicted molar refractivity (Wildman–Crippen MR) is 72.5 cm³/mol. The Bertz CT molecular complexity index is 236. The number of nitrogens with one attached hydrogen (secondary N) is 1. The molecule has 1 amide bonds. The number of nitrogens with zero attached hydrogens (tertiary/aromatic N) is 1. The summed E-state index contributed by atoms with van der Waals surface area (Å²) < 4.78 is 0. The summed E-state index contributed by atoms with van der Waals surface area (Å²) in [7, 11) is 0. The van der Waals surface area contributed by atoms with Gasteiger partial charge >= 0.3 is 0 Å². The van der Waals surface area contributed by atoms with Crippen LogP contribution < -0.4 is 5.32 Å². The molecule has 100 valence electrons. The van der Waals surface area contributed by atoms with E-state index in [9.17, 15) is 4.79 Å². The minimum atomic E-state index is 0. The zero-order chi connectivity index (χ0) is 11.4. The van der Waals surface area contributed by atoms with Crippen LogP contribution in [0.15, 0.2) is 0 Å². The van der Waals surface area contributed by atoms with Crippen LogP contribution in [0.2, 0.25) is 0 Å². The Morgan fingerprint density at radius 1 is 1.24 bits per heavy atom. The lowest BCUT2D eigenvalue weighted by Crippen LogP contribution is -2.46. The molecule has 1 N–H and O–H groups in total. The molecular formula is C13H25ClN2O. The minimum Gasteiger partial charge on any atom is -0.340 e. The second-order valence-corrected chi connectivity index (χ2v) is 5.11. The highest BCUT2D eigenvalue weighted by Crippen LogP contribution is 2.25. The van der Waals surface area contributed by atoms with Crippen LogP contribution in [0.5, 0.6) is 0 Å². The van der Waals surface area contributed by atoms with Crippen LogP contribution in [0, 0.1) is 5.92 Å². The molecule has 0 radical (unpaired) electrons. The van der Waals surface area contributed by atoms with Crippen LogP contribution >= 0.6 is 12.4 Å². The van der Waals surface area contributed by atoms with E-state index in [4.69, 9.17) is 0 Å². The molecule has 3 nitrogen and oxygen atoms in total. The molecule has 2 fully saturated rings. The monoisotopic (exact) mass is 260 g/mol. The van der Waals surface area contributed by atoms with Gasteiger partial charge in [-0.25, -0.2) is 0 Å². The smallest absolute Gasteiger partial charge is 0.227 e. The molecule has 17 heavy (non-hydrogen) atoms. The van der Waals surface area contributed by atoms with E-state index in [1.807, 2.05) is 0 Å². The molecule has 0 bridgehead atoms. The molecular weight excluding hydrogens is 236 g/mol. The molecule has 2 rings (SSSR count). The molecule has 1 saturated heterocycles. The third-order valence-electron chi connectivity index (χ3n) is 4.04. The summed E-state index contributed by atoms with van der Waals surface area (Å²) in [5.74, 6) is 0.649. The van der Waals surface area contributed by atoms with Gasteiger partial charge in [0, 0.05) is 19.1 Å². The maximum absolute atomic E-state index is 12.4. The molecule has 4 heteroatoms. The average molecular weight is 261 g/mol. The van der Waals surface area contributed by atoms with Gasteiger partial charge in [-0.3, -0.25) is 4.79 Å². The lowest BCUT2D eigenvalue weighted by molar-refractivity contribution is -0.138. The normalized spacial score (nSPS) is 25.4. The van der Waals surface area contributed by atoms with E-state index in [0.717, 1.165) is 32.5 Å². The number of carbonyl (C=O) groups is 1. The predicted octanol–water partition coefficient (Wildman–Crippen LogP) is 2.20. The standard InChI is InChI=1S/C13H24N2O.ClH/c1-2-15(12-7-3-4-8-12)13(16)11-6-5-9-14-10-11;/h11-12,14H,2-10H2,1H3;1H/t11-;/m1./s1. The molecule has 0 aromatic rings. The van der Waals surface area contributed by atoms with Crippen molar-refractivity contribution in [2.24, 2.45) is 5.92 Å². The van der Waals surface area contributed by atoms with Gasteiger partial charge in [-0.1, -0.05) is 12.8 Å². The largest absolute Gasteiger partial charge is 0.340 e. The molecule has 1 atom stereocenters. The average Bonchev–Trinajstić information content (AvgIpc) is 2.85.